The molecule has 0 spiro atoms. The van der Waals surface area contributed by atoms with Crippen molar-refractivity contribution in [2.24, 2.45) is 0 Å². The van der Waals surface area contributed by atoms with E-state index in [9.17, 15) is 9.59 Å². The Kier molecular flexibility index (Phi) is 6.41. The lowest BCUT2D eigenvalue weighted by atomic mass is 10.1. The van der Waals surface area contributed by atoms with Gasteiger partial charge in [0.2, 0.25) is 0 Å². The van der Waals surface area contributed by atoms with Crippen LogP contribution in [0.5, 0.6) is 5.75 Å². The number of aromatic nitrogens is 1. The molecule has 0 aliphatic rings. The summed E-state index contributed by atoms with van der Waals surface area (Å²) in [6.07, 6.45) is 1.62. The highest BCUT2D eigenvalue weighted by molar-refractivity contribution is 7.71. The molecule has 3 aromatic rings. The molecular weight excluding hydrogens is 398 g/mol. The van der Waals surface area contributed by atoms with Crippen LogP contribution in [0.2, 0.25) is 5.02 Å². The molecule has 2 aromatic carbocycles. The van der Waals surface area contributed by atoms with Crippen molar-refractivity contribution in [3.63, 3.8) is 0 Å². The lowest BCUT2D eigenvalue weighted by Gasteiger charge is -2.09. The molecule has 0 fully saturated rings. The van der Waals surface area contributed by atoms with E-state index in [2.05, 4.69) is 15.8 Å². The van der Waals surface area contributed by atoms with Crippen LogP contribution in [0.15, 0.2) is 66.9 Å². The van der Waals surface area contributed by atoms with Gasteiger partial charge in [0.25, 0.3) is 11.8 Å². The predicted molar refractivity (Wildman–Crippen MR) is 109 cm³/mol. The first-order valence-electron chi connectivity index (χ1n) is 8.28. The van der Waals surface area contributed by atoms with Gasteiger partial charge in [0, 0.05) is 16.8 Å². The molecule has 28 heavy (non-hydrogen) atoms. The molecular formula is C20H16ClN3O3S. The number of benzene rings is 2. The summed E-state index contributed by atoms with van der Waals surface area (Å²) in [5, 5.41) is 0.643. The fourth-order valence-corrected chi connectivity index (χ4v) is 2.66. The Morgan fingerprint density at radius 2 is 1.64 bits per heavy atom. The van der Waals surface area contributed by atoms with Gasteiger partial charge in [-0.05, 0) is 54.1 Å². The van der Waals surface area contributed by atoms with Gasteiger partial charge in [-0.15, -0.1) is 0 Å². The zero-order chi connectivity index (χ0) is 19.9. The number of hydrogen-bond acceptors (Lipinski definition) is 4. The smallest absolute Gasteiger partial charge is 0.272 e. The van der Waals surface area contributed by atoms with E-state index in [0.29, 0.717) is 27.6 Å². The maximum atomic E-state index is 12.2. The highest BCUT2D eigenvalue weighted by Crippen LogP contribution is 2.17. The molecule has 0 saturated heterocycles. The van der Waals surface area contributed by atoms with Crippen LogP contribution in [0.3, 0.4) is 0 Å². The number of H-pyrrole nitrogens is 1. The Morgan fingerprint density at radius 3 is 2.32 bits per heavy atom. The minimum Gasteiger partial charge on any atom is -0.489 e. The predicted octanol–water partition coefficient (Wildman–Crippen LogP) is 4.05. The Morgan fingerprint density at radius 1 is 0.964 bits per heavy atom. The number of amides is 2. The average molecular weight is 414 g/mol. The van der Waals surface area contributed by atoms with Gasteiger partial charge in [-0.3, -0.25) is 20.4 Å². The van der Waals surface area contributed by atoms with Crippen molar-refractivity contribution in [3.05, 3.63) is 93.2 Å². The van der Waals surface area contributed by atoms with E-state index in [1.165, 1.54) is 0 Å². The molecule has 1 heterocycles. The van der Waals surface area contributed by atoms with Gasteiger partial charge in [0.15, 0.2) is 0 Å². The molecule has 0 bridgehead atoms. The van der Waals surface area contributed by atoms with Gasteiger partial charge in [0.05, 0.1) is 5.56 Å². The molecule has 0 saturated carbocycles. The summed E-state index contributed by atoms with van der Waals surface area (Å²) < 4.78 is 5.95. The van der Waals surface area contributed by atoms with E-state index in [4.69, 9.17) is 28.6 Å². The van der Waals surface area contributed by atoms with Gasteiger partial charge in [-0.25, -0.2) is 0 Å². The van der Waals surface area contributed by atoms with Crippen LogP contribution >= 0.6 is 23.8 Å². The molecule has 0 atom stereocenters. The molecule has 142 valence electrons. The van der Waals surface area contributed by atoms with Gasteiger partial charge in [-0.1, -0.05) is 36.0 Å². The van der Waals surface area contributed by atoms with Crippen LogP contribution in [0, 0.1) is 4.64 Å². The van der Waals surface area contributed by atoms with Gasteiger partial charge >= 0.3 is 0 Å². The van der Waals surface area contributed by atoms with Crippen LogP contribution in [0.25, 0.3) is 0 Å². The molecule has 8 heteroatoms. The highest BCUT2D eigenvalue weighted by atomic mass is 35.5. The van der Waals surface area contributed by atoms with Crippen LogP contribution < -0.4 is 15.6 Å². The fraction of sp³-hybridized carbons (Fsp3) is 0.0500. The van der Waals surface area contributed by atoms with Crippen molar-refractivity contribution in [2.75, 3.05) is 0 Å². The third-order valence-corrected chi connectivity index (χ3v) is 4.38. The number of carbonyl (C=O) groups is 2. The largest absolute Gasteiger partial charge is 0.489 e. The van der Waals surface area contributed by atoms with Crippen molar-refractivity contribution in [1.29, 1.82) is 0 Å². The molecule has 3 rings (SSSR count). The topological polar surface area (TPSA) is 83.2 Å². The monoisotopic (exact) mass is 413 g/mol. The molecule has 0 radical (unpaired) electrons. The van der Waals surface area contributed by atoms with Crippen molar-refractivity contribution >= 4 is 35.6 Å². The maximum Gasteiger partial charge on any atom is 0.272 e. The summed E-state index contributed by atoms with van der Waals surface area (Å²) in [5.74, 6) is -0.235. The Bertz CT molecular complexity index is 1030. The first-order chi connectivity index (χ1) is 13.5. The summed E-state index contributed by atoms with van der Waals surface area (Å²) in [4.78, 5) is 27.0. The number of halogens is 1. The zero-order valence-electron chi connectivity index (χ0n) is 14.6. The van der Waals surface area contributed by atoms with Crippen LogP contribution in [0.1, 0.15) is 26.3 Å². The zero-order valence-corrected chi connectivity index (χ0v) is 16.1. The Hall–Kier alpha value is -3.16. The summed E-state index contributed by atoms with van der Waals surface area (Å²) in [6.45, 7) is 0.354. The number of ether oxygens (including phenoxy) is 1. The molecule has 0 unspecified atom stereocenters. The Balaban J connectivity index is 1.53. The van der Waals surface area contributed by atoms with Crippen molar-refractivity contribution in [1.82, 2.24) is 15.8 Å². The van der Waals surface area contributed by atoms with E-state index < -0.39 is 11.8 Å². The third-order valence-electron chi connectivity index (χ3n) is 3.79. The standard InChI is InChI=1S/C20H16ClN3O3S/c21-15-7-9-16(10-8-15)27-12-13-3-5-14(6-4-13)18(25)23-24-19(26)17-2-1-11-22-20(17)28/h1-11H,12H2,(H,22,28)(H,23,25)(H,24,26). The van der Waals surface area contributed by atoms with Crippen LogP contribution in [0.4, 0.5) is 0 Å². The molecule has 2 amide bonds. The second-order valence-corrected chi connectivity index (χ2v) is 6.61. The van der Waals surface area contributed by atoms with Crippen molar-refractivity contribution in [3.8, 4) is 5.75 Å². The fourth-order valence-electron chi connectivity index (χ4n) is 2.30. The van der Waals surface area contributed by atoms with Gasteiger partial charge in [-0.2, -0.15) is 0 Å². The number of hydrogen-bond donors (Lipinski definition) is 3. The normalized spacial score (nSPS) is 10.2. The Labute approximate surface area is 171 Å². The number of pyridine rings is 1. The minimum absolute atomic E-state index is 0.271. The van der Waals surface area contributed by atoms with Gasteiger partial charge < -0.3 is 9.72 Å². The molecule has 3 N–H and O–H groups in total. The summed E-state index contributed by atoms with van der Waals surface area (Å²) in [7, 11) is 0. The third kappa shape index (κ3) is 5.18. The lowest BCUT2D eigenvalue weighted by molar-refractivity contribution is 0.0846. The van der Waals surface area contributed by atoms with Crippen LogP contribution in [-0.2, 0) is 6.61 Å². The first kappa shape index (κ1) is 19.6. The van der Waals surface area contributed by atoms with E-state index in [1.54, 1.807) is 66.9 Å². The van der Waals surface area contributed by atoms with E-state index in [0.717, 1.165) is 5.56 Å². The maximum absolute atomic E-state index is 12.2. The molecule has 0 aliphatic carbocycles. The van der Waals surface area contributed by atoms with E-state index in [1.807, 2.05) is 0 Å². The second kappa shape index (κ2) is 9.16. The highest BCUT2D eigenvalue weighted by Gasteiger charge is 2.10. The minimum atomic E-state index is -0.497. The number of nitrogens with one attached hydrogen (secondary N) is 3. The van der Waals surface area contributed by atoms with Crippen molar-refractivity contribution in [2.45, 2.75) is 6.61 Å². The summed E-state index contributed by atoms with van der Waals surface area (Å²) >= 11 is 10.9. The molecule has 0 aliphatic heterocycles. The van der Waals surface area contributed by atoms with E-state index >= 15 is 0 Å². The summed E-state index contributed by atoms with van der Waals surface area (Å²) in [6, 6.07) is 17.1. The summed E-state index contributed by atoms with van der Waals surface area (Å²) in [5.41, 5.74) is 6.27. The lowest BCUT2D eigenvalue weighted by Crippen LogP contribution is -2.41. The number of rotatable bonds is 5. The number of aromatic amines is 1. The SMILES string of the molecule is O=C(NNC(=O)c1ccc[nH]c1=S)c1ccc(COc2ccc(Cl)cc2)cc1. The quantitative estimate of drug-likeness (QED) is 0.435. The first-order valence-corrected chi connectivity index (χ1v) is 9.07. The van der Waals surface area contributed by atoms with Crippen LogP contribution in [-0.4, -0.2) is 16.8 Å². The average Bonchev–Trinajstić information content (AvgIpc) is 2.72. The van der Waals surface area contributed by atoms with E-state index in [-0.39, 0.29) is 5.56 Å². The second-order valence-electron chi connectivity index (χ2n) is 5.76. The molecule has 1 aromatic heterocycles. The van der Waals surface area contributed by atoms with Crippen molar-refractivity contribution < 1.29 is 14.3 Å². The molecule has 6 nitrogen and oxygen atoms in total. The number of hydrazine groups is 1. The van der Waals surface area contributed by atoms with Gasteiger partial charge in [0.1, 0.15) is 17.0 Å². The number of carbonyl (C=O) groups excluding carboxylic acids is 2.